The summed E-state index contributed by atoms with van der Waals surface area (Å²) in [4.78, 5) is 13.1. The average molecular weight is 502 g/mol. The summed E-state index contributed by atoms with van der Waals surface area (Å²) in [6.07, 6.45) is 6.77. The van der Waals surface area contributed by atoms with Crippen molar-refractivity contribution in [2.45, 2.75) is 89.9 Å². The van der Waals surface area contributed by atoms with Crippen molar-refractivity contribution < 1.29 is 24.3 Å². The van der Waals surface area contributed by atoms with Crippen LogP contribution in [0.25, 0.3) is 0 Å². The Kier molecular flexibility index (Phi) is 7.22. The SMILES string of the molecule is CCOC(=O)C(O)(c1cc(C(C)(C)O)on1)C(CC)NC(=S)Nc1c2c(cc3c1CCC3)CCC2. The van der Waals surface area contributed by atoms with Gasteiger partial charge in [0.1, 0.15) is 11.3 Å². The number of aryl methyl sites for hydroxylation is 2. The maximum Gasteiger partial charge on any atom is 0.346 e. The van der Waals surface area contributed by atoms with E-state index in [1.165, 1.54) is 42.2 Å². The summed E-state index contributed by atoms with van der Waals surface area (Å²) in [6.45, 7) is 6.65. The van der Waals surface area contributed by atoms with E-state index in [0.29, 0.717) is 11.5 Å². The van der Waals surface area contributed by atoms with Gasteiger partial charge in [-0.05, 0) is 100 Å². The molecule has 1 heterocycles. The Hall–Kier alpha value is -2.49. The Bertz CT molecular complexity index is 1090. The van der Waals surface area contributed by atoms with Crippen LogP contribution in [0.5, 0.6) is 0 Å². The number of esters is 1. The Morgan fingerprint density at radius 2 is 1.77 bits per heavy atom. The summed E-state index contributed by atoms with van der Waals surface area (Å²) in [5, 5.41) is 32.8. The Labute approximate surface area is 211 Å². The van der Waals surface area contributed by atoms with Gasteiger partial charge >= 0.3 is 5.97 Å². The molecule has 1 aromatic carbocycles. The highest BCUT2D eigenvalue weighted by Gasteiger charge is 2.50. The normalized spacial score (nSPS) is 17.3. The zero-order valence-electron chi connectivity index (χ0n) is 20.9. The van der Waals surface area contributed by atoms with Crippen LogP contribution in [0.3, 0.4) is 0 Å². The number of anilines is 1. The molecule has 2 atom stereocenters. The van der Waals surface area contributed by atoms with Crippen molar-refractivity contribution in [1.29, 1.82) is 0 Å². The summed E-state index contributed by atoms with van der Waals surface area (Å²) in [7, 11) is 0. The second kappa shape index (κ2) is 9.87. The molecule has 8 nitrogen and oxygen atoms in total. The highest BCUT2D eigenvalue weighted by atomic mass is 32.1. The van der Waals surface area contributed by atoms with E-state index in [9.17, 15) is 15.0 Å². The molecule has 35 heavy (non-hydrogen) atoms. The molecule has 0 bridgehead atoms. The number of benzene rings is 1. The zero-order chi connectivity index (χ0) is 25.4. The van der Waals surface area contributed by atoms with E-state index in [0.717, 1.165) is 44.2 Å². The lowest BCUT2D eigenvalue weighted by molar-refractivity contribution is -0.170. The van der Waals surface area contributed by atoms with Crippen molar-refractivity contribution in [3.05, 3.63) is 45.8 Å². The first-order valence-electron chi connectivity index (χ1n) is 12.4. The Morgan fingerprint density at radius 3 is 2.29 bits per heavy atom. The van der Waals surface area contributed by atoms with Crippen LogP contribution in [0.15, 0.2) is 16.7 Å². The van der Waals surface area contributed by atoms with Crippen LogP contribution in [0.2, 0.25) is 0 Å². The number of nitrogens with zero attached hydrogens (tertiary/aromatic N) is 1. The molecule has 0 fully saturated rings. The summed E-state index contributed by atoms with van der Waals surface area (Å²) in [5.41, 5.74) is 2.91. The van der Waals surface area contributed by atoms with Gasteiger partial charge in [-0.15, -0.1) is 0 Å². The van der Waals surface area contributed by atoms with Crippen molar-refractivity contribution in [2.24, 2.45) is 0 Å². The van der Waals surface area contributed by atoms with Crippen molar-refractivity contribution in [2.75, 3.05) is 11.9 Å². The number of aliphatic hydroxyl groups is 2. The smallest absolute Gasteiger partial charge is 0.346 e. The van der Waals surface area contributed by atoms with Crippen LogP contribution in [-0.4, -0.2) is 39.1 Å². The monoisotopic (exact) mass is 501 g/mol. The summed E-state index contributed by atoms with van der Waals surface area (Å²) in [5.74, 6) is -0.736. The highest BCUT2D eigenvalue weighted by Crippen LogP contribution is 2.39. The number of aromatic nitrogens is 1. The Morgan fingerprint density at radius 1 is 1.14 bits per heavy atom. The van der Waals surface area contributed by atoms with Gasteiger partial charge in [-0.3, -0.25) is 0 Å². The van der Waals surface area contributed by atoms with Crippen LogP contribution < -0.4 is 10.6 Å². The fourth-order valence-electron chi connectivity index (χ4n) is 5.19. The van der Waals surface area contributed by atoms with Crippen LogP contribution in [0.4, 0.5) is 5.69 Å². The minimum Gasteiger partial charge on any atom is -0.463 e. The third kappa shape index (κ3) is 4.81. The van der Waals surface area contributed by atoms with E-state index in [2.05, 4.69) is 21.9 Å². The third-order valence-corrected chi connectivity index (χ3v) is 7.24. The first kappa shape index (κ1) is 25.6. The lowest BCUT2D eigenvalue weighted by Crippen LogP contribution is -2.56. The first-order chi connectivity index (χ1) is 16.6. The highest BCUT2D eigenvalue weighted by molar-refractivity contribution is 7.80. The van der Waals surface area contributed by atoms with Gasteiger partial charge in [-0.2, -0.15) is 0 Å². The van der Waals surface area contributed by atoms with Crippen molar-refractivity contribution in [3.8, 4) is 0 Å². The molecular formula is C26H35N3O5S. The molecule has 9 heteroatoms. The van der Waals surface area contributed by atoms with Gasteiger partial charge in [-0.1, -0.05) is 18.1 Å². The zero-order valence-corrected chi connectivity index (χ0v) is 21.7. The molecule has 0 saturated carbocycles. The molecule has 0 saturated heterocycles. The number of rotatable bonds is 8. The van der Waals surface area contributed by atoms with E-state index in [1.807, 2.05) is 6.92 Å². The third-order valence-electron chi connectivity index (χ3n) is 7.02. The van der Waals surface area contributed by atoms with Crippen LogP contribution >= 0.6 is 12.2 Å². The first-order valence-corrected chi connectivity index (χ1v) is 12.8. The molecule has 0 aliphatic heterocycles. The molecule has 0 amide bonds. The molecule has 2 unspecified atom stereocenters. The fraction of sp³-hybridized carbons (Fsp3) is 0.577. The minimum atomic E-state index is -2.18. The summed E-state index contributed by atoms with van der Waals surface area (Å²) < 4.78 is 10.5. The van der Waals surface area contributed by atoms with E-state index >= 15 is 0 Å². The molecule has 4 rings (SSSR count). The topological polar surface area (TPSA) is 117 Å². The molecule has 0 radical (unpaired) electrons. The largest absolute Gasteiger partial charge is 0.463 e. The maximum atomic E-state index is 13.1. The molecule has 2 aromatic rings. The molecule has 4 N–H and O–H groups in total. The van der Waals surface area contributed by atoms with Gasteiger partial charge in [-0.25, -0.2) is 4.79 Å². The molecular weight excluding hydrogens is 466 g/mol. The van der Waals surface area contributed by atoms with Gasteiger partial charge < -0.3 is 30.1 Å². The standard InChI is InChI=1S/C26H35N3O5S/c1-5-19(26(32,23(30)33-6-2)20-14-21(34-29-20)25(3,4)31)27-24(35)28-22-17-11-7-9-15(17)13-16-10-8-12-18(16)22/h13-14,19,31-32H,5-12H2,1-4H3,(H2,27,28,35). The number of hydrogen-bond donors (Lipinski definition) is 4. The summed E-state index contributed by atoms with van der Waals surface area (Å²) >= 11 is 5.69. The number of fused-ring (bicyclic) bond motifs is 2. The quantitative estimate of drug-likeness (QED) is 0.319. The lowest BCUT2D eigenvalue weighted by atomic mass is 9.87. The average Bonchev–Trinajstić information content (AvgIpc) is 3.56. The van der Waals surface area contributed by atoms with E-state index < -0.39 is 23.2 Å². The number of thiocarbonyl (C=S) groups is 1. The van der Waals surface area contributed by atoms with Crippen molar-refractivity contribution in [1.82, 2.24) is 10.5 Å². The van der Waals surface area contributed by atoms with Crippen LogP contribution in [-0.2, 0) is 46.4 Å². The van der Waals surface area contributed by atoms with E-state index in [-0.39, 0.29) is 18.1 Å². The molecule has 2 aliphatic rings. The number of hydrogen-bond acceptors (Lipinski definition) is 7. The number of nitrogens with one attached hydrogen (secondary N) is 2. The fourth-order valence-corrected chi connectivity index (χ4v) is 5.43. The predicted molar refractivity (Wildman–Crippen MR) is 136 cm³/mol. The molecule has 1 aromatic heterocycles. The van der Waals surface area contributed by atoms with E-state index in [4.69, 9.17) is 21.5 Å². The number of carbonyl (C=O) groups is 1. The van der Waals surface area contributed by atoms with Gasteiger partial charge in [0.15, 0.2) is 10.9 Å². The van der Waals surface area contributed by atoms with Crippen molar-refractivity contribution in [3.63, 3.8) is 0 Å². The van der Waals surface area contributed by atoms with Gasteiger partial charge in [0.2, 0.25) is 5.60 Å². The maximum absolute atomic E-state index is 13.1. The second-order valence-corrected chi connectivity index (χ2v) is 10.3. The minimum absolute atomic E-state index is 0.0447. The van der Waals surface area contributed by atoms with Crippen LogP contribution in [0.1, 0.15) is 80.7 Å². The van der Waals surface area contributed by atoms with Crippen molar-refractivity contribution >= 4 is 29.0 Å². The Balaban J connectivity index is 1.63. The van der Waals surface area contributed by atoms with Gasteiger partial charge in [0.25, 0.3) is 0 Å². The predicted octanol–water partition coefficient (Wildman–Crippen LogP) is 3.40. The number of ether oxygens (including phenoxy) is 1. The lowest BCUT2D eigenvalue weighted by Gasteiger charge is -2.33. The van der Waals surface area contributed by atoms with E-state index in [1.54, 1.807) is 6.92 Å². The number of carbonyl (C=O) groups excluding carboxylic acids is 1. The van der Waals surface area contributed by atoms with Crippen LogP contribution in [0, 0.1) is 0 Å². The van der Waals surface area contributed by atoms with Gasteiger partial charge in [0.05, 0.1) is 12.6 Å². The summed E-state index contributed by atoms with van der Waals surface area (Å²) in [6, 6.07) is 2.88. The second-order valence-electron chi connectivity index (χ2n) is 9.92. The van der Waals surface area contributed by atoms with Gasteiger partial charge in [0, 0.05) is 11.8 Å². The molecule has 0 spiro atoms. The molecule has 2 aliphatic carbocycles. The molecule has 190 valence electrons.